The quantitative estimate of drug-likeness (QED) is 0.523. The molecule has 0 aliphatic heterocycles. The molecule has 0 aromatic heterocycles. The molecule has 0 aliphatic rings. The molecule has 1 aromatic carbocycles. The van der Waals surface area contributed by atoms with Gasteiger partial charge in [-0.2, -0.15) is 0 Å². The van der Waals surface area contributed by atoms with Crippen molar-refractivity contribution in [2.24, 2.45) is 5.73 Å². The van der Waals surface area contributed by atoms with Crippen LogP contribution in [0, 0.1) is 13.7 Å². The highest BCUT2D eigenvalue weighted by molar-refractivity contribution is 14.1. The van der Waals surface area contributed by atoms with Gasteiger partial charge in [-0.1, -0.05) is 13.0 Å². The average molecular weight is 334 g/mol. The first-order chi connectivity index (χ1) is 7.47. The third-order valence-electron chi connectivity index (χ3n) is 2.66. The minimum Gasteiger partial charge on any atom is -0.327 e. The molecule has 5 heteroatoms. The molecule has 88 valence electrons. The average Bonchev–Trinajstić information content (AvgIpc) is 2.20. The van der Waals surface area contributed by atoms with Gasteiger partial charge in [-0.15, -0.1) is 0 Å². The van der Waals surface area contributed by atoms with Gasteiger partial charge in [0.2, 0.25) is 0 Å². The zero-order chi connectivity index (χ0) is 12.3. The molecule has 4 nitrogen and oxygen atoms in total. The summed E-state index contributed by atoms with van der Waals surface area (Å²) in [6, 6.07) is 5.22. The van der Waals surface area contributed by atoms with Crippen LogP contribution in [-0.2, 0) is 0 Å². The number of nitro groups is 1. The summed E-state index contributed by atoms with van der Waals surface area (Å²) in [6.07, 6.45) is 0.805. The van der Waals surface area contributed by atoms with Crippen molar-refractivity contribution in [2.75, 3.05) is 0 Å². The second-order valence-electron chi connectivity index (χ2n) is 3.83. The van der Waals surface area contributed by atoms with Crippen LogP contribution in [0.3, 0.4) is 0 Å². The number of hydrogen-bond donors (Lipinski definition) is 1. The van der Waals surface area contributed by atoms with Crippen molar-refractivity contribution in [1.29, 1.82) is 0 Å². The Balaban J connectivity index is 3.26. The molecule has 0 radical (unpaired) electrons. The standard InChI is InChI=1S/C11H15IN2O2/c1-3-9(7(2)13)10-5-4-8(12)6-11(10)14(15)16/h4-7,9H,3,13H2,1-2H3. The lowest BCUT2D eigenvalue weighted by Gasteiger charge is -2.19. The van der Waals surface area contributed by atoms with Crippen LogP contribution in [-0.4, -0.2) is 11.0 Å². The van der Waals surface area contributed by atoms with E-state index in [9.17, 15) is 10.1 Å². The Hall–Kier alpha value is -0.690. The van der Waals surface area contributed by atoms with E-state index < -0.39 is 0 Å². The van der Waals surface area contributed by atoms with Crippen LogP contribution < -0.4 is 5.73 Å². The van der Waals surface area contributed by atoms with Gasteiger partial charge < -0.3 is 5.73 Å². The fraction of sp³-hybridized carbons (Fsp3) is 0.455. The van der Waals surface area contributed by atoms with Gasteiger partial charge in [0.05, 0.1) is 4.92 Å². The Morgan fingerprint density at radius 1 is 1.56 bits per heavy atom. The smallest absolute Gasteiger partial charge is 0.273 e. The summed E-state index contributed by atoms with van der Waals surface area (Å²) in [5.74, 6) is 0.0393. The van der Waals surface area contributed by atoms with Crippen LogP contribution in [0.2, 0.25) is 0 Å². The van der Waals surface area contributed by atoms with Crippen LogP contribution in [0.25, 0.3) is 0 Å². The molecule has 0 amide bonds. The summed E-state index contributed by atoms with van der Waals surface area (Å²) >= 11 is 2.07. The van der Waals surface area contributed by atoms with Crippen LogP contribution in [0.15, 0.2) is 18.2 Å². The lowest BCUT2D eigenvalue weighted by Crippen LogP contribution is -2.24. The van der Waals surface area contributed by atoms with Crippen molar-refractivity contribution in [3.05, 3.63) is 37.4 Å². The van der Waals surface area contributed by atoms with E-state index in [0.29, 0.717) is 0 Å². The lowest BCUT2D eigenvalue weighted by molar-refractivity contribution is -0.385. The highest BCUT2D eigenvalue weighted by atomic mass is 127. The van der Waals surface area contributed by atoms with E-state index in [1.165, 1.54) is 0 Å². The maximum Gasteiger partial charge on any atom is 0.273 e. The van der Waals surface area contributed by atoms with Gasteiger partial charge in [0.1, 0.15) is 0 Å². The molecule has 2 N–H and O–H groups in total. The molecule has 16 heavy (non-hydrogen) atoms. The molecule has 0 heterocycles. The van der Waals surface area contributed by atoms with Gasteiger partial charge in [-0.25, -0.2) is 0 Å². The number of benzene rings is 1. The normalized spacial score (nSPS) is 14.5. The second kappa shape index (κ2) is 5.58. The largest absolute Gasteiger partial charge is 0.327 e. The SMILES string of the molecule is CCC(c1ccc(I)cc1[N+](=O)[O-])C(C)N. The summed E-state index contributed by atoms with van der Waals surface area (Å²) in [5, 5.41) is 11.0. The van der Waals surface area contributed by atoms with Crippen molar-refractivity contribution >= 4 is 28.3 Å². The summed E-state index contributed by atoms with van der Waals surface area (Å²) in [7, 11) is 0. The first kappa shape index (κ1) is 13.4. The molecule has 0 spiro atoms. The number of rotatable bonds is 4. The zero-order valence-corrected chi connectivity index (χ0v) is 11.5. The first-order valence-corrected chi connectivity index (χ1v) is 6.24. The number of nitrogens with two attached hydrogens (primary N) is 1. The Morgan fingerprint density at radius 3 is 2.62 bits per heavy atom. The highest BCUT2D eigenvalue weighted by Gasteiger charge is 2.23. The van der Waals surface area contributed by atoms with Crippen molar-refractivity contribution < 1.29 is 4.92 Å². The molecule has 2 atom stereocenters. The van der Waals surface area contributed by atoms with E-state index in [4.69, 9.17) is 5.73 Å². The fourth-order valence-corrected chi connectivity index (χ4v) is 2.34. The van der Waals surface area contributed by atoms with Crippen molar-refractivity contribution in [1.82, 2.24) is 0 Å². The minimum absolute atomic E-state index is 0.0393. The Labute approximate surface area is 109 Å². The Morgan fingerprint density at radius 2 is 2.19 bits per heavy atom. The number of nitrogens with zero attached hydrogens (tertiary/aromatic N) is 1. The summed E-state index contributed by atoms with van der Waals surface area (Å²) in [4.78, 5) is 10.6. The maximum atomic E-state index is 11.0. The van der Waals surface area contributed by atoms with Gasteiger partial charge in [-0.05, 0) is 42.0 Å². The van der Waals surface area contributed by atoms with Crippen molar-refractivity contribution in [2.45, 2.75) is 32.2 Å². The maximum absolute atomic E-state index is 11.0. The van der Waals surface area contributed by atoms with E-state index in [1.54, 1.807) is 6.07 Å². The van der Waals surface area contributed by atoms with Crippen LogP contribution in [0.5, 0.6) is 0 Å². The first-order valence-electron chi connectivity index (χ1n) is 5.16. The molecule has 2 unspecified atom stereocenters. The molecular formula is C11H15IN2O2. The lowest BCUT2D eigenvalue weighted by atomic mass is 9.89. The molecular weight excluding hydrogens is 319 g/mol. The predicted octanol–water partition coefficient (Wildman–Crippen LogP) is 3.04. The number of nitro benzene ring substituents is 1. The third-order valence-corrected chi connectivity index (χ3v) is 3.33. The van der Waals surface area contributed by atoms with E-state index in [0.717, 1.165) is 15.6 Å². The van der Waals surface area contributed by atoms with Crippen LogP contribution >= 0.6 is 22.6 Å². The minimum atomic E-state index is -0.331. The Kier molecular flexibility index (Phi) is 4.67. The fourth-order valence-electron chi connectivity index (χ4n) is 1.86. The van der Waals surface area contributed by atoms with Gasteiger partial charge in [-0.3, -0.25) is 10.1 Å². The summed E-state index contributed by atoms with van der Waals surface area (Å²) in [5.41, 5.74) is 6.78. The molecule has 1 rings (SSSR count). The highest BCUT2D eigenvalue weighted by Crippen LogP contribution is 2.31. The van der Waals surface area contributed by atoms with Gasteiger partial charge in [0.15, 0.2) is 0 Å². The van der Waals surface area contributed by atoms with Crippen LogP contribution in [0.1, 0.15) is 31.7 Å². The molecule has 1 aromatic rings. The molecule has 0 saturated carbocycles. The third kappa shape index (κ3) is 2.91. The number of hydrogen-bond acceptors (Lipinski definition) is 3. The monoisotopic (exact) mass is 334 g/mol. The Bertz CT molecular complexity index is 394. The molecule has 0 saturated heterocycles. The van der Waals surface area contributed by atoms with Gasteiger partial charge in [0, 0.05) is 27.2 Å². The number of halogens is 1. The summed E-state index contributed by atoms with van der Waals surface area (Å²) < 4.78 is 0.868. The predicted molar refractivity (Wildman–Crippen MR) is 72.5 cm³/mol. The van der Waals surface area contributed by atoms with E-state index in [1.807, 2.05) is 26.0 Å². The zero-order valence-electron chi connectivity index (χ0n) is 9.31. The second-order valence-corrected chi connectivity index (χ2v) is 5.08. The van der Waals surface area contributed by atoms with Gasteiger partial charge in [0.25, 0.3) is 5.69 Å². The van der Waals surface area contributed by atoms with Crippen LogP contribution in [0.4, 0.5) is 5.69 Å². The van der Waals surface area contributed by atoms with Crippen molar-refractivity contribution in [3.8, 4) is 0 Å². The molecule has 0 bridgehead atoms. The molecule has 0 aliphatic carbocycles. The van der Waals surface area contributed by atoms with Gasteiger partial charge >= 0.3 is 0 Å². The summed E-state index contributed by atoms with van der Waals surface area (Å²) in [6.45, 7) is 3.88. The topological polar surface area (TPSA) is 69.2 Å². The molecule has 0 fully saturated rings. The van der Waals surface area contributed by atoms with Crippen molar-refractivity contribution in [3.63, 3.8) is 0 Å². The van der Waals surface area contributed by atoms with E-state index in [2.05, 4.69) is 22.6 Å². The van der Waals surface area contributed by atoms with E-state index >= 15 is 0 Å². The van der Waals surface area contributed by atoms with E-state index in [-0.39, 0.29) is 22.6 Å².